The lowest BCUT2D eigenvalue weighted by molar-refractivity contribution is -0.152. The Morgan fingerprint density at radius 3 is 2.36 bits per heavy atom. The van der Waals surface area contributed by atoms with E-state index in [1.54, 1.807) is 30.3 Å². The Kier molecular flexibility index (Phi) is 7.86. The Hall–Kier alpha value is -3.63. The van der Waals surface area contributed by atoms with Crippen LogP contribution in [0.25, 0.3) is 0 Å². The molecule has 3 rings (SSSR count). The van der Waals surface area contributed by atoms with Crippen molar-refractivity contribution in [3.63, 3.8) is 0 Å². The molecule has 0 saturated carbocycles. The van der Waals surface area contributed by atoms with Gasteiger partial charge in [-0.1, -0.05) is 41.4 Å². The number of ether oxygens (including phenoxy) is 1. The van der Waals surface area contributed by atoms with Gasteiger partial charge in [-0.3, -0.25) is 45.3 Å². The van der Waals surface area contributed by atoms with E-state index in [2.05, 4.69) is 16.3 Å². The maximum atomic E-state index is 12.3. The topological polar surface area (TPSA) is 134 Å². The Morgan fingerprint density at radius 2 is 1.67 bits per heavy atom. The number of hydrogen-bond acceptors (Lipinski definition) is 6. The molecule has 172 valence electrons. The quantitative estimate of drug-likeness (QED) is 0.413. The average Bonchev–Trinajstić information content (AvgIpc) is 3.18. The van der Waals surface area contributed by atoms with E-state index >= 15 is 0 Å². The Balaban J connectivity index is 1.43. The van der Waals surface area contributed by atoms with Gasteiger partial charge >= 0.3 is 5.97 Å². The van der Waals surface area contributed by atoms with Crippen LogP contribution < -0.4 is 16.3 Å². The summed E-state index contributed by atoms with van der Waals surface area (Å²) in [6, 6.07) is 12.4. The summed E-state index contributed by atoms with van der Waals surface area (Å²) < 4.78 is 4.91. The summed E-state index contributed by atoms with van der Waals surface area (Å²) in [5.41, 5.74) is 7.23. The van der Waals surface area contributed by atoms with Crippen LogP contribution in [0, 0.1) is 5.92 Å². The molecule has 12 heteroatoms. The second-order valence-electron chi connectivity index (χ2n) is 6.95. The molecular formula is C21H18Cl2N4O6. The molecule has 1 fully saturated rings. The summed E-state index contributed by atoms with van der Waals surface area (Å²) in [7, 11) is 0. The number of hydrazine groups is 2. The molecule has 0 aromatic heterocycles. The first-order chi connectivity index (χ1) is 15.7. The lowest BCUT2D eigenvalue weighted by atomic mass is 10.1. The fourth-order valence-electron chi connectivity index (χ4n) is 2.88. The summed E-state index contributed by atoms with van der Waals surface area (Å²) in [6.07, 6.45) is -0.202. The summed E-state index contributed by atoms with van der Waals surface area (Å²) in [6.45, 7) is -0.786. The molecular weight excluding hydrogens is 475 g/mol. The van der Waals surface area contributed by atoms with Crippen molar-refractivity contribution in [3.8, 4) is 0 Å². The number of carbonyl (C=O) groups is 5. The van der Waals surface area contributed by atoms with Crippen molar-refractivity contribution in [1.82, 2.24) is 21.3 Å². The van der Waals surface area contributed by atoms with Crippen molar-refractivity contribution in [3.05, 3.63) is 69.7 Å². The Labute approximate surface area is 198 Å². The Bertz CT molecular complexity index is 1100. The lowest BCUT2D eigenvalue weighted by Crippen LogP contribution is -2.44. The van der Waals surface area contributed by atoms with Crippen LogP contribution in [-0.4, -0.2) is 47.8 Å². The molecule has 1 saturated heterocycles. The van der Waals surface area contributed by atoms with Crippen molar-refractivity contribution in [1.29, 1.82) is 0 Å². The number of nitrogens with one attached hydrogen (secondary N) is 3. The van der Waals surface area contributed by atoms with Crippen LogP contribution in [0.2, 0.25) is 10.0 Å². The SMILES string of the molecule is O=C(COC(=O)[C@@H]1CC(=O)N(NC(=O)c2ccc(Cl)c(Cl)c2)C1)NNC(=O)c1ccccc1. The molecule has 0 unspecified atom stereocenters. The Morgan fingerprint density at radius 1 is 0.939 bits per heavy atom. The van der Waals surface area contributed by atoms with Gasteiger partial charge in [0.05, 0.1) is 22.5 Å². The van der Waals surface area contributed by atoms with Crippen LogP contribution in [0.4, 0.5) is 0 Å². The van der Waals surface area contributed by atoms with Crippen molar-refractivity contribution in [2.75, 3.05) is 13.2 Å². The maximum Gasteiger partial charge on any atom is 0.311 e. The van der Waals surface area contributed by atoms with E-state index in [-0.39, 0.29) is 28.6 Å². The van der Waals surface area contributed by atoms with Crippen LogP contribution in [0.3, 0.4) is 0 Å². The molecule has 2 aromatic rings. The van der Waals surface area contributed by atoms with E-state index in [1.165, 1.54) is 18.2 Å². The van der Waals surface area contributed by atoms with Gasteiger partial charge in [-0.2, -0.15) is 0 Å². The molecule has 0 radical (unpaired) electrons. The minimum atomic E-state index is -0.877. The molecule has 2 aromatic carbocycles. The highest BCUT2D eigenvalue weighted by molar-refractivity contribution is 6.42. The third-order valence-corrected chi connectivity index (χ3v) is 5.31. The smallest absolute Gasteiger partial charge is 0.311 e. The lowest BCUT2D eigenvalue weighted by Gasteiger charge is -2.17. The molecule has 33 heavy (non-hydrogen) atoms. The molecule has 0 aliphatic carbocycles. The van der Waals surface area contributed by atoms with E-state index in [0.29, 0.717) is 5.56 Å². The van der Waals surface area contributed by atoms with Crippen molar-refractivity contribution >= 4 is 52.8 Å². The maximum absolute atomic E-state index is 12.3. The molecule has 3 N–H and O–H groups in total. The van der Waals surface area contributed by atoms with Gasteiger partial charge in [0.1, 0.15) is 0 Å². The van der Waals surface area contributed by atoms with Gasteiger partial charge in [0, 0.05) is 17.5 Å². The third-order valence-electron chi connectivity index (χ3n) is 4.57. The third kappa shape index (κ3) is 6.43. The van der Waals surface area contributed by atoms with Crippen LogP contribution in [0.1, 0.15) is 27.1 Å². The zero-order chi connectivity index (χ0) is 24.0. The normalized spacial score (nSPS) is 15.0. The van der Waals surface area contributed by atoms with Crippen LogP contribution >= 0.6 is 23.2 Å². The highest BCUT2D eigenvalue weighted by atomic mass is 35.5. The van der Waals surface area contributed by atoms with E-state index in [1.807, 2.05) is 0 Å². The minimum Gasteiger partial charge on any atom is -0.455 e. The molecule has 4 amide bonds. The fourth-order valence-corrected chi connectivity index (χ4v) is 3.17. The highest BCUT2D eigenvalue weighted by Gasteiger charge is 2.36. The summed E-state index contributed by atoms with van der Waals surface area (Å²) in [5.74, 6) is -4.07. The number of carbonyl (C=O) groups excluding carboxylic acids is 5. The second kappa shape index (κ2) is 10.8. The van der Waals surface area contributed by atoms with Crippen molar-refractivity contribution < 1.29 is 28.7 Å². The molecule has 1 atom stereocenters. The van der Waals surface area contributed by atoms with Crippen LogP contribution in [-0.2, 0) is 19.1 Å². The number of benzene rings is 2. The van der Waals surface area contributed by atoms with E-state index < -0.39 is 42.1 Å². The fraction of sp³-hybridized carbons (Fsp3) is 0.190. The highest BCUT2D eigenvalue weighted by Crippen LogP contribution is 2.23. The summed E-state index contributed by atoms with van der Waals surface area (Å²) in [5, 5.41) is 1.45. The van der Waals surface area contributed by atoms with Crippen molar-refractivity contribution in [2.45, 2.75) is 6.42 Å². The van der Waals surface area contributed by atoms with Gasteiger partial charge < -0.3 is 4.74 Å². The monoisotopic (exact) mass is 492 g/mol. The predicted octanol–water partition coefficient (Wildman–Crippen LogP) is 1.49. The van der Waals surface area contributed by atoms with Gasteiger partial charge in [0.2, 0.25) is 5.91 Å². The van der Waals surface area contributed by atoms with Gasteiger partial charge in [-0.05, 0) is 30.3 Å². The first-order valence-electron chi connectivity index (χ1n) is 9.62. The first kappa shape index (κ1) is 24.0. The summed E-state index contributed by atoms with van der Waals surface area (Å²) >= 11 is 11.7. The largest absolute Gasteiger partial charge is 0.455 e. The molecule has 0 bridgehead atoms. The van der Waals surface area contributed by atoms with E-state index in [9.17, 15) is 24.0 Å². The molecule has 0 spiro atoms. The number of amides is 4. The van der Waals surface area contributed by atoms with Crippen molar-refractivity contribution in [2.24, 2.45) is 5.92 Å². The van der Waals surface area contributed by atoms with Gasteiger partial charge in [0.25, 0.3) is 17.7 Å². The van der Waals surface area contributed by atoms with Gasteiger partial charge in [-0.15, -0.1) is 0 Å². The number of nitrogens with zero attached hydrogens (tertiary/aromatic N) is 1. The van der Waals surface area contributed by atoms with E-state index in [4.69, 9.17) is 27.9 Å². The van der Waals surface area contributed by atoms with Crippen LogP contribution in [0.15, 0.2) is 48.5 Å². The number of halogens is 2. The number of rotatable bonds is 6. The standard InChI is InChI=1S/C21H18Cl2N4O6/c22-15-7-6-13(8-16(15)23)20(31)26-27-10-14(9-18(27)29)21(32)33-11-17(28)24-25-19(30)12-4-2-1-3-5-12/h1-8,14H,9-11H2,(H,24,28)(H,25,30)(H,26,31)/t14-/m1/s1. The molecule has 1 heterocycles. The molecule has 10 nitrogen and oxygen atoms in total. The summed E-state index contributed by atoms with van der Waals surface area (Å²) in [4.78, 5) is 60.4. The number of esters is 1. The second-order valence-corrected chi connectivity index (χ2v) is 7.77. The number of hydrogen-bond donors (Lipinski definition) is 3. The minimum absolute atomic E-state index is 0.128. The molecule has 1 aliphatic heterocycles. The van der Waals surface area contributed by atoms with Gasteiger partial charge in [0.15, 0.2) is 6.61 Å². The van der Waals surface area contributed by atoms with E-state index in [0.717, 1.165) is 5.01 Å². The average molecular weight is 493 g/mol. The molecule has 1 aliphatic rings. The van der Waals surface area contributed by atoms with Crippen LogP contribution in [0.5, 0.6) is 0 Å². The zero-order valence-electron chi connectivity index (χ0n) is 17.0. The predicted molar refractivity (Wildman–Crippen MR) is 117 cm³/mol. The zero-order valence-corrected chi connectivity index (χ0v) is 18.5. The first-order valence-corrected chi connectivity index (χ1v) is 10.4. The van der Waals surface area contributed by atoms with Gasteiger partial charge in [-0.25, -0.2) is 0 Å².